The summed E-state index contributed by atoms with van der Waals surface area (Å²) in [5.74, 6) is 1.68. The minimum absolute atomic E-state index is 0.000158. The molecule has 0 saturated heterocycles. The number of ether oxygens (including phenoxy) is 2. The molecule has 2 aromatic rings. The molecule has 0 aliphatic heterocycles. The Balaban J connectivity index is 1.15. The lowest BCUT2D eigenvalue weighted by atomic mass is 9.44. The predicted octanol–water partition coefficient (Wildman–Crippen LogP) is 7.65. The van der Waals surface area contributed by atoms with Crippen LogP contribution in [0.3, 0.4) is 0 Å². The van der Waals surface area contributed by atoms with E-state index in [0.29, 0.717) is 34.8 Å². The molecule has 0 heterocycles. The summed E-state index contributed by atoms with van der Waals surface area (Å²) in [5.41, 5.74) is 2.88. The lowest BCUT2D eigenvalue weighted by Gasteiger charge is -2.61. The van der Waals surface area contributed by atoms with Crippen LogP contribution in [0, 0.1) is 34.5 Å². The van der Waals surface area contributed by atoms with Gasteiger partial charge in [-0.25, -0.2) is 9.59 Å². The fraction of sp³-hybridized carbons (Fsp3) is 0.529. The van der Waals surface area contributed by atoms with Crippen LogP contribution in [0.4, 0.5) is 0 Å². The number of carbonyl (C=O) groups is 2. The summed E-state index contributed by atoms with van der Waals surface area (Å²) in [6, 6.07) is 18.7. The minimum Gasteiger partial charge on any atom is -0.459 e. The second-order valence-electron chi connectivity index (χ2n) is 12.9. The minimum atomic E-state index is -0.206. The lowest BCUT2D eigenvalue weighted by Crippen LogP contribution is -2.55. The Kier molecular flexibility index (Phi) is 6.48. The van der Waals surface area contributed by atoms with Gasteiger partial charge < -0.3 is 9.47 Å². The molecule has 0 bridgehead atoms. The van der Waals surface area contributed by atoms with Gasteiger partial charge in [0.25, 0.3) is 0 Å². The van der Waals surface area contributed by atoms with Crippen molar-refractivity contribution in [2.75, 3.05) is 0 Å². The van der Waals surface area contributed by atoms with Gasteiger partial charge in [0.1, 0.15) is 12.2 Å². The summed E-state index contributed by atoms with van der Waals surface area (Å²) in [6.45, 7) is 9.53. The van der Waals surface area contributed by atoms with Crippen molar-refractivity contribution in [2.24, 2.45) is 34.5 Å². The zero-order chi connectivity index (χ0) is 26.5. The average Bonchev–Trinajstić information content (AvgIpc) is 3.26. The molecule has 0 spiro atoms. The van der Waals surface area contributed by atoms with Crippen molar-refractivity contribution in [3.05, 3.63) is 83.9 Å². The van der Waals surface area contributed by atoms with Gasteiger partial charge in [-0.15, -0.1) is 0 Å². The van der Waals surface area contributed by atoms with Crippen molar-refractivity contribution in [3.8, 4) is 0 Å². The normalized spacial score (nSPS) is 37.9. The highest BCUT2D eigenvalue weighted by Crippen LogP contribution is 2.67. The Morgan fingerprint density at radius 3 is 2.00 bits per heavy atom. The van der Waals surface area contributed by atoms with Crippen LogP contribution in [0.2, 0.25) is 0 Å². The molecule has 4 heteroatoms. The number of allylic oxidation sites excluding steroid dienone is 1. The molecule has 38 heavy (non-hydrogen) atoms. The maximum atomic E-state index is 12.9. The molecule has 6 rings (SSSR count). The largest absolute Gasteiger partial charge is 0.459 e. The lowest BCUT2D eigenvalue weighted by molar-refractivity contribution is -0.116. The van der Waals surface area contributed by atoms with Gasteiger partial charge in [-0.3, -0.25) is 0 Å². The number of fused-ring (bicyclic) bond motifs is 5. The second-order valence-corrected chi connectivity index (χ2v) is 12.9. The summed E-state index contributed by atoms with van der Waals surface area (Å²) >= 11 is 0. The van der Waals surface area contributed by atoms with Crippen molar-refractivity contribution in [2.45, 2.75) is 77.4 Å². The fourth-order valence-corrected chi connectivity index (χ4v) is 8.90. The number of rotatable bonds is 4. The summed E-state index contributed by atoms with van der Waals surface area (Å²) in [6.07, 6.45) is 8.18. The van der Waals surface area contributed by atoms with E-state index in [1.807, 2.05) is 60.7 Å². The molecule has 4 aliphatic carbocycles. The van der Waals surface area contributed by atoms with E-state index in [1.54, 1.807) is 0 Å². The van der Waals surface area contributed by atoms with Gasteiger partial charge >= 0.3 is 11.9 Å². The highest BCUT2D eigenvalue weighted by Gasteiger charge is 2.62. The van der Waals surface area contributed by atoms with E-state index in [0.717, 1.165) is 51.4 Å². The Morgan fingerprint density at radius 2 is 1.34 bits per heavy atom. The molecule has 0 radical (unpaired) electrons. The van der Waals surface area contributed by atoms with Gasteiger partial charge in [-0.05, 0) is 105 Å². The van der Waals surface area contributed by atoms with Crippen LogP contribution >= 0.6 is 0 Å². The summed E-state index contributed by atoms with van der Waals surface area (Å²) < 4.78 is 12.2. The van der Waals surface area contributed by atoms with E-state index in [2.05, 4.69) is 20.4 Å². The standard InChI is InChI=1S/C34H40O4/c1-22-20-25-21-26(37-31(35)23-10-6-4-7-11-23)16-18-33(25,2)28-17-19-34(3)27(30(22)28)14-15-29(34)38-32(36)24-12-8-5-9-13-24/h4-13,25-30H,1,14-21H2,2-3H3. The van der Waals surface area contributed by atoms with Crippen molar-refractivity contribution < 1.29 is 19.1 Å². The SMILES string of the molecule is C=C1CC2CC(OC(=O)c3ccccc3)CCC2(C)C2CCC3(C)C(OC(=O)c4ccccc4)CCC3C12. The van der Waals surface area contributed by atoms with Crippen LogP contribution in [0.15, 0.2) is 72.8 Å². The predicted molar refractivity (Wildman–Crippen MR) is 148 cm³/mol. The van der Waals surface area contributed by atoms with Crippen molar-refractivity contribution >= 4 is 11.9 Å². The molecule has 4 nitrogen and oxygen atoms in total. The molecule has 8 atom stereocenters. The molecule has 0 aromatic heterocycles. The zero-order valence-corrected chi connectivity index (χ0v) is 22.7. The van der Waals surface area contributed by atoms with Crippen LogP contribution < -0.4 is 0 Å². The average molecular weight is 513 g/mol. The van der Waals surface area contributed by atoms with Crippen LogP contribution in [0.25, 0.3) is 0 Å². The third-order valence-electron chi connectivity index (χ3n) is 11.0. The van der Waals surface area contributed by atoms with Crippen molar-refractivity contribution in [1.82, 2.24) is 0 Å². The summed E-state index contributed by atoms with van der Waals surface area (Å²) in [7, 11) is 0. The van der Waals surface area contributed by atoms with Crippen LogP contribution in [-0.2, 0) is 9.47 Å². The Labute approximate surface area is 226 Å². The van der Waals surface area contributed by atoms with Crippen LogP contribution in [0.5, 0.6) is 0 Å². The third kappa shape index (κ3) is 4.21. The summed E-state index contributed by atoms with van der Waals surface area (Å²) in [5, 5.41) is 0. The fourth-order valence-electron chi connectivity index (χ4n) is 8.90. The highest BCUT2D eigenvalue weighted by atomic mass is 16.5. The first-order valence-electron chi connectivity index (χ1n) is 14.5. The smallest absolute Gasteiger partial charge is 0.338 e. The molecule has 8 unspecified atom stereocenters. The topological polar surface area (TPSA) is 52.6 Å². The molecule has 4 saturated carbocycles. The third-order valence-corrected chi connectivity index (χ3v) is 11.0. The van der Waals surface area contributed by atoms with Crippen molar-refractivity contribution in [1.29, 1.82) is 0 Å². The molecular weight excluding hydrogens is 472 g/mol. The Bertz CT molecular complexity index is 1210. The van der Waals surface area contributed by atoms with E-state index in [4.69, 9.17) is 9.47 Å². The quantitative estimate of drug-likeness (QED) is 0.312. The van der Waals surface area contributed by atoms with Crippen LogP contribution in [-0.4, -0.2) is 24.1 Å². The van der Waals surface area contributed by atoms with E-state index in [1.165, 1.54) is 5.57 Å². The van der Waals surface area contributed by atoms with Gasteiger partial charge in [-0.2, -0.15) is 0 Å². The Morgan fingerprint density at radius 1 is 0.763 bits per heavy atom. The van der Waals surface area contributed by atoms with E-state index < -0.39 is 0 Å². The van der Waals surface area contributed by atoms with Gasteiger partial charge in [0.05, 0.1) is 11.1 Å². The second kappa shape index (κ2) is 9.70. The van der Waals surface area contributed by atoms with Gasteiger partial charge in [0.2, 0.25) is 0 Å². The molecule has 0 N–H and O–H groups in total. The monoisotopic (exact) mass is 512 g/mol. The molecule has 4 fully saturated rings. The number of esters is 2. The van der Waals surface area contributed by atoms with Gasteiger partial charge in [0, 0.05) is 5.41 Å². The van der Waals surface area contributed by atoms with Crippen molar-refractivity contribution in [3.63, 3.8) is 0 Å². The first-order valence-corrected chi connectivity index (χ1v) is 14.5. The highest BCUT2D eigenvalue weighted by molar-refractivity contribution is 5.89. The maximum absolute atomic E-state index is 12.9. The van der Waals surface area contributed by atoms with E-state index in [9.17, 15) is 9.59 Å². The number of carbonyl (C=O) groups excluding carboxylic acids is 2. The molecule has 2 aromatic carbocycles. The number of hydrogen-bond donors (Lipinski definition) is 0. The molecule has 200 valence electrons. The zero-order valence-electron chi connectivity index (χ0n) is 22.7. The van der Waals surface area contributed by atoms with Gasteiger partial charge in [-0.1, -0.05) is 62.4 Å². The van der Waals surface area contributed by atoms with E-state index in [-0.39, 0.29) is 35.0 Å². The molecule has 4 aliphatic rings. The van der Waals surface area contributed by atoms with E-state index >= 15 is 0 Å². The van der Waals surface area contributed by atoms with Gasteiger partial charge in [0.15, 0.2) is 0 Å². The number of benzene rings is 2. The molecular formula is C34H40O4. The first-order chi connectivity index (χ1) is 18.3. The maximum Gasteiger partial charge on any atom is 0.338 e. The van der Waals surface area contributed by atoms with Crippen LogP contribution in [0.1, 0.15) is 85.9 Å². The Hall–Kier alpha value is -2.88. The molecule has 0 amide bonds. The first kappa shape index (κ1) is 25.4. The number of hydrogen-bond acceptors (Lipinski definition) is 4. The summed E-state index contributed by atoms with van der Waals surface area (Å²) in [4.78, 5) is 25.7.